The number of halogens is 1. The molecule has 2 nitrogen and oxygen atoms in total. The summed E-state index contributed by atoms with van der Waals surface area (Å²) in [6.07, 6.45) is 2.06. The Bertz CT molecular complexity index is 776. The van der Waals surface area contributed by atoms with Gasteiger partial charge in [-0.3, -0.25) is 0 Å². The molecular weight excluding hydrogens is 265 g/mol. The molecule has 108 valence electrons. The molecule has 0 saturated carbocycles. The van der Waals surface area contributed by atoms with Crippen LogP contribution in [0.2, 0.25) is 0 Å². The van der Waals surface area contributed by atoms with Gasteiger partial charge in [0.25, 0.3) is 0 Å². The Labute approximate surface area is 123 Å². The monoisotopic (exact) mass is 283 g/mol. The Kier molecular flexibility index (Phi) is 3.65. The molecule has 0 unspecified atom stereocenters. The predicted molar refractivity (Wildman–Crippen MR) is 83.3 cm³/mol. The van der Waals surface area contributed by atoms with Crippen LogP contribution in [0.25, 0.3) is 10.9 Å². The normalized spacial score (nSPS) is 11.0. The Hall–Kier alpha value is -2.29. The average molecular weight is 283 g/mol. The highest BCUT2D eigenvalue weighted by molar-refractivity contribution is 5.81. The lowest BCUT2D eigenvalue weighted by molar-refractivity contribution is 0.340. The first-order valence-electron chi connectivity index (χ1n) is 7.14. The highest BCUT2D eigenvalue weighted by Crippen LogP contribution is 2.23. The van der Waals surface area contributed by atoms with Crippen LogP contribution in [-0.2, 0) is 6.54 Å². The van der Waals surface area contributed by atoms with Crippen LogP contribution in [0.15, 0.2) is 48.7 Å². The van der Waals surface area contributed by atoms with E-state index in [-0.39, 0.29) is 5.82 Å². The molecule has 0 saturated heterocycles. The fourth-order valence-corrected chi connectivity index (χ4v) is 2.59. The molecule has 0 radical (unpaired) electrons. The highest BCUT2D eigenvalue weighted by Gasteiger charge is 2.06. The summed E-state index contributed by atoms with van der Waals surface area (Å²) in [7, 11) is 0. The van der Waals surface area contributed by atoms with Gasteiger partial charge in [-0.1, -0.05) is 6.07 Å². The van der Waals surface area contributed by atoms with E-state index < -0.39 is 0 Å². The zero-order valence-corrected chi connectivity index (χ0v) is 12.3. The predicted octanol–water partition coefficient (Wildman–Crippen LogP) is 4.54. The number of aromatic nitrogens is 1. The third kappa shape index (κ3) is 2.77. The van der Waals surface area contributed by atoms with E-state index in [1.807, 2.05) is 32.0 Å². The Balaban J connectivity index is 1.94. The summed E-state index contributed by atoms with van der Waals surface area (Å²) >= 11 is 0. The van der Waals surface area contributed by atoms with Crippen LogP contribution >= 0.6 is 0 Å². The molecule has 21 heavy (non-hydrogen) atoms. The van der Waals surface area contributed by atoms with Crippen LogP contribution in [0.3, 0.4) is 0 Å². The van der Waals surface area contributed by atoms with Gasteiger partial charge >= 0.3 is 0 Å². The van der Waals surface area contributed by atoms with E-state index in [4.69, 9.17) is 4.74 Å². The van der Waals surface area contributed by atoms with Gasteiger partial charge in [0.1, 0.15) is 11.6 Å². The second-order valence-corrected chi connectivity index (χ2v) is 5.17. The molecule has 0 fully saturated rings. The molecule has 0 aliphatic heterocycles. The molecule has 1 heterocycles. The fourth-order valence-electron chi connectivity index (χ4n) is 2.59. The lowest BCUT2D eigenvalue weighted by Crippen LogP contribution is -2.00. The van der Waals surface area contributed by atoms with Gasteiger partial charge in [-0.15, -0.1) is 0 Å². The van der Waals surface area contributed by atoms with Crippen LogP contribution in [-0.4, -0.2) is 11.2 Å². The summed E-state index contributed by atoms with van der Waals surface area (Å²) in [6.45, 7) is 5.33. The Morgan fingerprint density at radius 1 is 1.10 bits per heavy atom. The zero-order valence-electron chi connectivity index (χ0n) is 12.3. The third-order valence-electron chi connectivity index (χ3n) is 3.70. The van der Waals surface area contributed by atoms with Crippen molar-refractivity contribution < 1.29 is 9.13 Å². The van der Waals surface area contributed by atoms with Crippen LogP contribution in [0.5, 0.6) is 5.75 Å². The van der Waals surface area contributed by atoms with Crippen LogP contribution in [0.4, 0.5) is 4.39 Å². The lowest BCUT2D eigenvalue weighted by atomic mass is 10.1. The van der Waals surface area contributed by atoms with E-state index in [1.165, 1.54) is 6.07 Å². The van der Waals surface area contributed by atoms with E-state index in [0.29, 0.717) is 6.61 Å². The van der Waals surface area contributed by atoms with Crippen molar-refractivity contribution in [3.05, 3.63) is 65.6 Å². The number of benzene rings is 2. The van der Waals surface area contributed by atoms with Crippen LogP contribution < -0.4 is 4.74 Å². The SMILES string of the molecule is CCOc1ccc2c(ccn2Cc2ccc(F)cc2C)c1. The number of aryl methyl sites for hydroxylation is 1. The second-order valence-electron chi connectivity index (χ2n) is 5.17. The van der Waals surface area contributed by atoms with Gasteiger partial charge in [0.05, 0.1) is 6.61 Å². The first kappa shape index (κ1) is 13.7. The van der Waals surface area contributed by atoms with E-state index in [9.17, 15) is 4.39 Å². The first-order valence-corrected chi connectivity index (χ1v) is 7.14. The number of hydrogen-bond acceptors (Lipinski definition) is 1. The van der Waals surface area contributed by atoms with Crippen molar-refractivity contribution in [3.63, 3.8) is 0 Å². The van der Waals surface area contributed by atoms with Crippen LogP contribution in [0, 0.1) is 12.7 Å². The Morgan fingerprint density at radius 3 is 2.71 bits per heavy atom. The molecule has 1 aromatic heterocycles. The largest absolute Gasteiger partial charge is 0.494 e. The standard InChI is InChI=1S/C18H18FNO/c1-3-21-17-6-7-18-14(11-17)8-9-20(18)12-15-4-5-16(19)10-13(15)2/h4-11H,3,12H2,1-2H3. The number of hydrogen-bond donors (Lipinski definition) is 0. The van der Waals surface area contributed by atoms with Crippen molar-refractivity contribution in [1.82, 2.24) is 4.57 Å². The van der Waals surface area contributed by atoms with Gasteiger partial charge in [0.2, 0.25) is 0 Å². The van der Waals surface area contributed by atoms with Gasteiger partial charge in [0.15, 0.2) is 0 Å². The van der Waals surface area contributed by atoms with Gasteiger partial charge in [-0.2, -0.15) is 0 Å². The minimum atomic E-state index is -0.185. The van der Waals surface area contributed by atoms with Gasteiger partial charge < -0.3 is 9.30 Å². The molecule has 2 aromatic carbocycles. The third-order valence-corrected chi connectivity index (χ3v) is 3.70. The van der Waals surface area contributed by atoms with E-state index in [1.54, 1.807) is 6.07 Å². The summed E-state index contributed by atoms with van der Waals surface area (Å²) in [5.41, 5.74) is 3.26. The topological polar surface area (TPSA) is 14.2 Å². The summed E-state index contributed by atoms with van der Waals surface area (Å²) in [6, 6.07) is 13.1. The maximum atomic E-state index is 13.2. The van der Waals surface area contributed by atoms with Crippen LogP contribution in [0.1, 0.15) is 18.1 Å². The number of ether oxygens (including phenoxy) is 1. The number of fused-ring (bicyclic) bond motifs is 1. The molecule has 3 heteroatoms. The zero-order chi connectivity index (χ0) is 14.8. The number of rotatable bonds is 4. The quantitative estimate of drug-likeness (QED) is 0.686. The fraction of sp³-hybridized carbons (Fsp3) is 0.222. The highest BCUT2D eigenvalue weighted by atomic mass is 19.1. The minimum absolute atomic E-state index is 0.185. The van der Waals surface area contributed by atoms with Crippen molar-refractivity contribution >= 4 is 10.9 Å². The average Bonchev–Trinajstić information content (AvgIpc) is 2.85. The van der Waals surface area contributed by atoms with Gasteiger partial charge in [0, 0.05) is 23.6 Å². The van der Waals surface area contributed by atoms with Crippen molar-refractivity contribution in [2.24, 2.45) is 0 Å². The van der Waals surface area contributed by atoms with Gasteiger partial charge in [-0.25, -0.2) is 4.39 Å². The summed E-state index contributed by atoms with van der Waals surface area (Å²) in [5.74, 6) is 0.704. The lowest BCUT2D eigenvalue weighted by Gasteiger charge is -2.09. The minimum Gasteiger partial charge on any atom is -0.494 e. The summed E-state index contributed by atoms with van der Waals surface area (Å²) < 4.78 is 20.9. The molecule has 0 amide bonds. The van der Waals surface area contributed by atoms with E-state index >= 15 is 0 Å². The summed E-state index contributed by atoms with van der Waals surface area (Å²) in [4.78, 5) is 0. The molecule has 0 aliphatic carbocycles. The maximum absolute atomic E-state index is 13.2. The van der Waals surface area contributed by atoms with E-state index in [0.717, 1.165) is 34.3 Å². The molecule has 0 N–H and O–H groups in total. The molecular formula is C18H18FNO. The van der Waals surface area contributed by atoms with Gasteiger partial charge in [-0.05, 0) is 61.4 Å². The van der Waals surface area contributed by atoms with E-state index in [2.05, 4.69) is 22.9 Å². The molecule has 0 bridgehead atoms. The first-order chi connectivity index (χ1) is 10.2. The Morgan fingerprint density at radius 2 is 1.95 bits per heavy atom. The molecule has 0 atom stereocenters. The van der Waals surface area contributed by atoms with Crippen molar-refractivity contribution in [2.45, 2.75) is 20.4 Å². The molecule has 3 rings (SSSR count). The van der Waals surface area contributed by atoms with Crippen molar-refractivity contribution in [3.8, 4) is 5.75 Å². The molecule has 0 spiro atoms. The smallest absolute Gasteiger partial charge is 0.123 e. The summed E-state index contributed by atoms with van der Waals surface area (Å²) in [5, 5.41) is 1.15. The van der Waals surface area contributed by atoms with Crippen molar-refractivity contribution in [1.29, 1.82) is 0 Å². The maximum Gasteiger partial charge on any atom is 0.123 e. The number of nitrogens with zero attached hydrogens (tertiary/aromatic N) is 1. The second kappa shape index (κ2) is 5.60. The molecule has 3 aromatic rings. The van der Waals surface area contributed by atoms with Crippen molar-refractivity contribution in [2.75, 3.05) is 6.61 Å². The molecule has 0 aliphatic rings.